The van der Waals surface area contributed by atoms with E-state index in [9.17, 15) is 19.7 Å². The van der Waals surface area contributed by atoms with Gasteiger partial charge in [0, 0.05) is 6.07 Å². The Morgan fingerprint density at radius 1 is 1.19 bits per heavy atom. The molecule has 0 spiro atoms. The van der Waals surface area contributed by atoms with Gasteiger partial charge in [0.1, 0.15) is 0 Å². The molecule has 2 aromatic carbocycles. The highest BCUT2D eigenvalue weighted by Crippen LogP contribution is 2.31. The maximum atomic E-state index is 12.3. The number of ether oxygens (including phenoxy) is 2. The predicted molar refractivity (Wildman–Crippen MR) is 99.6 cm³/mol. The third kappa shape index (κ3) is 4.87. The molecule has 10 heteroatoms. The Labute approximate surface area is 164 Å². The van der Waals surface area contributed by atoms with Crippen LogP contribution in [0.5, 0.6) is 5.75 Å². The second-order valence-electron chi connectivity index (χ2n) is 5.28. The first-order chi connectivity index (χ1) is 12.7. The van der Waals surface area contributed by atoms with Gasteiger partial charge in [-0.1, -0.05) is 29.3 Å². The van der Waals surface area contributed by atoms with E-state index in [4.69, 9.17) is 27.9 Å². The standard InChI is InChI=1S/C17H14Cl2N2O6/c1-9(16(22)20-15-11(18)4-3-5-12(15)19)27-14-7-6-10(17(23)26-2)8-13(14)21(24)25/h3-9H,1-2H3,(H,20,22)/t9-/m0/s1. The number of carbonyl (C=O) groups is 2. The number of anilines is 1. The van der Waals surface area contributed by atoms with Gasteiger partial charge in [0.25, 0.3) is 5.91 Å². The normalized spacial score (nSPS) is 11.4. The number of hydrogen-bond donors (Lipinski definition) is 1. The summed E-state index contributed by atoms with van der Waals surface area (Å²) in [5.41, 5.74) is -0.290. The van der Waals surface area contributed by atoms with E-state index in [1.165, 1.54) is 19.1 Å². The highest BCUT2D eigenvalue weighted by Gasteiger charge is 2.24. The van der Waals surface area contributed by atoms with Crippen LogP contribution in [-0.2, 0) is 9.53 Å². The van der Waals surface area contributed by atoms with Gasteiger partial charge < -0.3 is 14.8 Å². The molecule has 8 nitrogen and oxygen atoms in total. The molecule has 0 unspecified atom stereocenters. The first-order valence-corrected chi connectivity index (χ1v) is 8.28. The molecular weight excluding hydrogens is 399 g/mol. The molecule has 0 fully saturated rings. The summed E-state index contributed by atoms with van der Waals surface area (Å²) in [6.07, 6.45) is -1.11. The van der Waals surface area contributed by atoms with Gasteiger partial charge in [-0.2, -0.15) is 0 Å². The van der Waals surface area contributed by atoms with Crippen molar-refractivity contribution in [1.29, 1.82) is 0 Å². The monoisotopic (exact) mass is 412 g/mol. The number of nitrogens with one attached hydrogen (secondary N) is 1. The summed E-state index contributed by atoms with van der Waals surface area (Å²) < 4.78 is 9.92. The average Bonchev–Trinajstić information content (AvgIpc) is 2.64. The molecule has 2 aromatic rings. The number of benzene rings is 2. The van der Waals surface area contributed by atoms with Crippen LogP contribution in [0.2, 0.25) is 10.0 Å². The molecular formula is C17H14Cl2N2O6. The molecule has 142 valence electrons. The topological polar surface area (TPSA) is 108 Å². The molecule has 0 bridgehead atoms. The summed E-state index contributed by atoms with van der Waals surface area (Å²) in [6.45, 7) is 1.40. The maximum Gasteiger partial charge on any atom is 0.338 e. The quantitative estimate of drug-likeness (QED) is 0.434. The minimum Gasteiger partial charge on any atom is -0.474 e. The third-order valence-electron chi connectivity index (χ3n) is 3.46. The Balaban J connectivity index is 2.21. The lowest BCUT2D eigenvalue weighted by Gasteiger charge is -2.16. The van der Waals surface area contributed by atoms with Crippen molar-refractivity contribution in [2.45, 2.75) is 13.0 Å². The van der Waals surface area contributed by atoms with E-state index in [0.29, 0.717) is 0 Å². The van der Waals surface area contributed by atoms with Crippen molar-refractivity contribution in [2.75, 3.05) is 12.4 Å². The van der Waals surface area contributed by atoms with Crippen LogP contribution in [0.4, 0.5) is 11.4 Å². The Bertz CT molecular complexity index is 883. The SMILES string of the molecule is COC(=O)c1ccc(O[C@@H](C)C(=O)Nc2c(Cl)cccc2Cl)c([N+](=O)[O-])c1. The van der Waals surface area contributed by atoms with Gasteiger partial charge in [-0.15, -0.1) is 0 Å². The molecule has 0 saturated carbocycles. The van der Waals surface area contributed by atoms with E-state index in [-0.39, 0.29) is 27.0 Å². The van der Waals surface area contributed by atoms with E-state index in [1.807, 2.05) is 0 Å². The zero-order valence-corrected chi connectivity index (χ0v) is 15.7. The molecule has 1 atom stereocenters. The molecule has 0 radical (unpaired) electrons. The van der Waals surface area contributed by atoms with Gasteiger partial charge in [-0.05, 0) is 31.2 Å². The molecule has 0 saturated heterocycles. The maximum absolute atomic E-state index is 12.3. The van der Waals surface area contributed by atoms with Crippen molar-refractivity contribution < 1.29 is 24.0 Å². The molecule has 2 rings (SSSR count). The van der Waals surface area contributed by atoms with Crippen LogP contribution in [0.15, 0.2) is 36.4 Å². The fourth-order valence-electron chi connectivity index (χ4n) is 2.09. The Kier molecular flexibility index (Phi) is 6.59. The van der Waals surface area contributed by atoms with Crippen LogP contribution in [0.1, 0.15) is 17.3 Å². The summed E-state index contributed by atoms with van der Waals surface area (Å²) in [4.78, 5) is 34.4. The van der Waals surface area contributed by atoms with Crippen molar-refractivity contribution in [2.24, 2.45) is 0 Å². The average molecular weight is 413 g/mol. The number of hydrogen-bond acceptors (Lipinski definition) is 6. The number of nitro benzene ring substituents is 1. The van der Waals surface area contributed by atoms with E-state index >= 15 is 0 Å². The zero-order chi connectivity index (χ0) is 20.1. The van der Waals surface area contributed by atoms with E-state index in [2.05, 4.69) is 10.1 Å². The summed E-state index contributed by atoms with van der Waals surface area (Å²) in [6, 6.07) is 8.24. The Morgan fingerprint density at radius 2 is 1.81 bits per heavy atom. The van der Waals surface area contributed by atoms with Gasteiger partial charge in [0.2, 0.25) is 0 Å². The number of nitro groups is 1. The summed E-state index contributed by atoms with van der Waals surface area (Å²) in [5, 5.41) is 14.2. The number of nitrogens with zero attached hydrogens (tertiary/aromatic N) is 1. The number of amides is 1. The summed E-state index contributed by atoms with van der Waals surface area (Å²) in [5.74, 6) is -1.53. The fourth-order valence-corrected chi connectivity index (χ4v) is 2.58. The number of para-hydroxylation sites is 1. The van der Waals surface area contributed by atoms with Crippen LogP contribution in [-0.4, -0.2) is 30.0 Å². The Morgan fingerprint density at radius 3 is 2.37 bits per heavy atom. The largest absolute Gasteiger partial charge is 0.474 e. The van der Waals surface area contributed by atoms with Crippen LogP contribution in [0, 0.1) is 10.1 Å². The second kappa shape index (κ2) is 8.70. The molecule has 1 amide bonds. The zero-order valence-electron chi connectivity index (χ0n) is 14.2. The highest BCUT2D eigenvalue weighted by molar-refractivity contribution is 6.39. The third-order valence-corrected chi connectivity index (χ3v) is 4.09. The molecule has 0 aliphatic carbocycles. The van der Waals surface area contributed by atoms with Gasteiger partial charge >= 0.3 is 11.7 Å². The molecule has 0 aliphatic heterocycles. The van der Waals surface area contributed by atoms with Crippen molar-refractivity contribution >= 4 is 46.5 Å². The lowest BCUT2D eigenvalue weighted by atomic mass is 10.2. The summed E-state index contributed by atoms with van der Waals surface area (Å²) in [7, 11) is 1.16. The highest BCUT2D eigenvalue weighted by atomic mass is 35.5. The number of esters is 1. The number of carbonyl (C=O) groups excluding carboxylic acids is 2. The summed E-state index contributed by atoms with van der Waals surface area (Å²) >= 11 is 12.0. The predicted octanol–water partition coefficient (Wildman–Crippen LogP) is 4.09. The second-order valence-corrected chi connectivity index (χ2v) is 6.09. The number of rotatable bonds is 6. The molecule has 27 heavy (non-hydrogen) atoms. The van der Waals surface area contributed by atoms with Gasteiger partial charge in [-0.25, -0.2) is 4.79 Å². The lowest BCUT2D eigenvalue weighted by molar-refractivity contribution is -0.386. The van der Waals surface area contributed by atoms with Crippen molar-refractivity contribution in [1.82, 2.24) is 0 Å². The lowest BCUT2D eigenvalue weighted by Crippen LogP contribution is -2.30. The smallest absolute Gasteiger partial charge is 0.338 e. The van der Waals surface area contributed by atoms with Crippen LogP contribution >= 0.6 is 23.2 Å². The first-order valence-electron chi connectivity index (χ1n) is 7.53. The molecule has 1 N–H and O–H groups in total. The van der Waals surface area contributed by atoms with Crippen molar-refractivity contribution in [3.8, 4) is 5.75 Å². The van der Waals surface area contributed by atoms with Gasteiger partial charge in [-0.3, -0.25) is 14.9 Å². The van der Waals surface area contributed by atoms with Gasteiger partial charge in [0.15, 0.2) is 11.9 Å². The number of halogens is 2. The van der Waals surface area contributed by atoms with Crippen molar-refractivity contribution in [3.05, 3.63) is 62.1 Å². The van der Waals surface area contributed by atoms with Crippen LogP contribution in [0.3, 0.4) is 0 Å². The Hall–Kier alpha value is -2.84. The first kappa shape index (κ1) is 20.5. The number of methoxy groups -OCH3 is 1. The van der Waals surface area contributed by atoms with Gasteiger partial charge in [0.05, 0.1) is 33.3 Å². The van der Waals surface area contributed by atoms with Crippen LogP contribution < -0.4 is 10.1 Å². The van der Waals surface area contributed by atoms with E-state index in [0.717, 1.165) is 13.2 Å². The van der Waals surface area contributed by atoms with E-state index < -0.39 is 28.6 Å². The minimum absolute atomic E-state index is 0.0171. The minimum atomic E-state index is -1.11. The molecule has 0 aliphatic rings. The molecule has 0 aromatic heterocycles. The fraction of sp³-hybridized carbons (Fsp3) is 0.176. The van der Waals surface area contributed by atoms with E-state index in [1.54, 1.807) is 18.2 Å². The van der Waals surface area contributed by atoms with Crippen LogP contribution in [0.25, 0.3) is 0 Å². The molecule has 0 heterocycles. The van der Waals surface area contributed by atoms with Crippen molar-refractivity contribution in [3.63, 3.8) is 0 Å².